The third kappa shape index (κ3) is 6.01. The van der Waals surface area contributed by atoms with Crippen LogP contribution in [0.15, 0.2) is 0 Å². The lowest BCUT2D eigenvalue weighted by Gasteiger charge is -2.09. The fourth-order valence-electron chi connectivity index (χ4n) is 0.854. The highest BCUT2D eigenvalue weighted by Gasteiger charge is 1.98. The van der Waals surface area contributed by atoms with Gasteiger partial charge in [0.05, 0.1) is 0 Å². The zero-order valence-corrected chi connectivity index (χ0v) is 6.89. The third-order valence-corrected chi connectivity index (χ3v) is 1.39. The third-order valence-electron chi connectivity index (χ3n) is 1.39. The summed E-state index contributed by atoms with van der Waals surface area (Å²) in [5, 5.41) is 3.03. The predicted octanol–water partition coefficient (Wildman–Crippen LogP) is -0.0403. The molecule has 0 aromatic heterocycles. The van der Waals surface area contributed by atoms with Gasteiger partial charge in [0, 0.05) is 26.3 Å². The lowest BCUT2D eigenvalue weighted by molar-refractivity contribution is 0.190. The molecule has 1 unspecified atom stereocenters. The van der Waals surface area contributed by atoms with E-state index in [1.807, 2.05) is 7.05 Å². The maximum atomic E-state index is 5.71. The monoisotopic (exact) mass is 146 g/mol. The van der Waals surface area contributed by atoms with Crippen molar-refractivity contribution in [1.82, 2.24) is 5.32 Å². The molecule has 0 fully saturated rings. The van der Waals surface area contributed by atoms with Gasteiger partial charge in [-0.1, -0.05) is 0 Å². The van der Waals surface area contributed by atoms with Crippen molar-refractivity contribution >= 4 is 0 Å². The molecule has 0 saturated heterocycles. The molecule has 3 nitrogen and oxygen atoms in total. The summed E-state index contributed by atoms with van der Waals surface area (Å²) in [6.45, 7) is 1.71. The van der Waals surface area contributed by atoms with Gasteiger partial charge in [-0.3, -0.25) is 0 Å². The average Bonchev–Trinajstić information content (AvgIpc) is 1.89. The van der Waals surface area contributed by atoms with Crippen LogP contribution in [0.4, 0.5) is 0 Å². The molecule has 62 valence electrons. The smallest absolute Gasteiger partial charge is 0.0462 e. The second kappa shape index (κ2) is 6.99. The minimum Gasteiger partial charge on any atom is -0.385 e. The zero-order valence-electron chi connectivity index (χ0n) is 6.89. The first kappa shape index (κ1) is 9.88. The van der Waals surface area contributed by atoms with Crippen LogP contribution in [0.25, 0.3) is 0 Å². The molecular formula is C7H18N2O. The van der Waals surface area contributed by atoms with Crippen LogP contribution in [-0.4, -0.2) is 33.4 Å². The standard InChI is InChI=1S/C7H18N2O/c1-9-6-7(8)4-3-5-10-2/h7,9H,3-6,8H2,1-2H3. The van der Waals surface area contributed by atoms with Crippen molar-refractivity contribution in [2.45, 2.75) is 18.9 Å². The number of hydrogen-bond acceptors (Lipinski definition) is 3. The molecule has 10 heavy (non-hydrogen) atoms. The molecule has 0 amide bonds. The Bertz CT molecular complexity index is 68.6. The molecule has 0 saturated carbocycles. The fraction of sp³-hybridized carbons (Fsp3) is 1.00. The molecule has 0 aliphatic heterocycles. The van der Waals surface area contributed by atoms with E-state index < -0.39 is 0 Å². The summed E-state index contributed by atoms with van der Waals surface area (Å²) in [5.41, 5.74) is 5.71. The van der Waals surface area contributed by atoms with Crippen LogP contribution in [0, 0.1) is 0 Å². The van der Waals surface area contributed by atoms with Gasteiger partial charge in [0.25, 0.3) is 0 Å². The summed E-state index contributed by atoms with van der Waals surface area (Å²) in [6, 6.07) is 0.278. The second-order valence-corrected chi connectivity index (χ2v) is 2.45. The van der Waals surface area contributed by atoms with Crippen LogP contribution >= 0.6 is 0 Å². The van der Waals surface area contributed by atoms with Crippen molar-refractivity contribution < 1.29 is 4.74 Å². The van der Waals surface area contributed by atoms with Crippen molar-refractivity contribution in [3.8, 4) is 0 Å². The second-order valence-electron chi connectivity index (χ2n) is 2.45. The Morgan fingerprint density at radius 2 is 2.30 bits per heavy atom. The van der Waals surface area contributed by atoms with Crippen LogP contribution in [0.5, 0.6) is 0 Å². The van der Waals surface area contributed by atoms with E-state index in [1.54, 1.807) is 7.11 Å². The van der Waals surface area contributed by atoms with E-state index in [4.69, 9.17) is 10.5 Å². The molecule has 0 radical (unpaired) electrons. The molecule has 0 aliphatic carbocycles. The van der Waals surface area contributed by atoms with Crippen LogP contribution in [0.3, 0.4) is 0 Å². The van der Waals surface area contributed by atoms with E-state index in [2.05, 4.69) is 5.32 Å². The van der Waals surface area contributed by atoms with Crippen molar-refractivity contribution in [2.75, 3.05) is 27.3 Å². The maximum Gasteiger partial charge on any atom is 0.0462 e. The van der Waals surface area contributed by atoms with Gasteiger partial charge in [-0.2, -0.15) is 0 Å². The van der Waals surface area contributed by atoms with Gasteiger partial charge in [0.2, 0.25) is 0 Å². The number of ether oxygens (including phenoxy) is 1. The van der Waals surface area contributed by atoms with E-state index in [1.165, 1.54) is 0 Å². The fourth-order valence-corrected chi connectivity index (χ4v) is 0.854. The molecule has 3 N–H and O–H groups in total. The molecule has 0 aromatic rings. The quantitative estimate of drug-likeness (QED) is 0.517. The minimum atomic E-state index is 0.278. The van der Waals surface area contributed by atoms with Crippen LogP contribution in [0.2, 0.25) is 0 Å². The number of nitrogens with one attached hydrogen (secondary N) is 1. The highest BCUT2D eigenvalue weighted by molar-refractivity contribution is 4.62. The van der Waals surface area contributed by atoms with E-state index in [-0.39, 0.29) is 6.04 Å². The van der Waals surface area contributed by atoms with Gasteiger partial charge in [-0.25, -0.2) is 0 Å². The lowest BCUT2D eigenvalue weighted by Crippen LogP contribution is -2.31. The van der Waals surface area contributed by atoms with Crippen molar-refractivity contribution in [2.24, 2.45) is 5.73 Å². The summed E-state index contributed by atoms with van der Waals surface area (Å²) >= 11 is 0. The predicted molar refractivity (Wildman–Crippen MR) is 43.0 cm³/mol. The number of methoxy groups -OCH3 is 1. The number of likely N-dealkylation sites (N-methyl/N-ethyl adjacent to an activating group) is 1. The Morgan fingerprint density at radius 3 is 2.80 bits per heavy atom. The van der Waals surface area contributed by atoms with Gasteiger partial charge in [0.15, 0.2) is 0 Å². The van der Waals surface area contributed by atoms with Gasteiger partial charge in [-0.05, 0) is 19.9 Å². The van der Waals surface area contributed by atoms with E-state index in [0.717, 1.165) is 26.0 Å². The molecular weight excluding hydrogens is 128 g/mol. The minimum absolute atomic E-state index is 0.278. The molecule has 0 bridgehead atoms. The van der Waals surface area contributed by atoms with Crippen molar-refractivity contribution in [3.63, 3.8) is 0 Å². The van der Waals surface area contributed by atoms with Gasteiger partial charge in [0.1, 0.15) is 0 Å². The van der Waals surface area contributed by atoms with Gasteiger partial charge in [-0.15, -0.1) is 0 Å². The Labute approximate surface area is 62.9 Å². The van der Waals surface area contributed by atoms with Crippen LogP contribution in [0.1, 0.15) is 12.8 Å². The lowest BCUT2D eigenvalue weighted by atomic mass is 10.2. The first-order valence-corrected chi connectivity index (χ1v) is 3.70. The number of hydrogen-bond donors (Lipinski definition) is 2. The van der Waals surface area contributed by atoms with Crippen LogP contribution in [-0.2, 0) is 4.74 Å². The summed E-state index contributed by atoms with van der Waals surface area (Å²) in [6.07, 6.45) is 2.09. The van der Waals surface area contributed by atoms with Crippen molar-refractivity contribution in [3.05, 3.63) is 0 Å². The highest BCUT2D eigenvalue weighted by atomic mass is 16.5. The Hall–Kier alpha value is -0.120. The van der Waals surface area contributed by atoms with Crippen LogP contribution < -0.4 is 11.1 Å². The molecule has 0 aromatic carbocycles. The summed E-state index contributed by atoms with van der Waals surface area (Å²) in [5.74, 6) is 0. The summed E-state index contributed by atoms with van der Waals surface area (Å²) < 4.78 is 4.89. The van der Waals surface area contributed by atoms with E-state index in [9.17, 15) is 0 Å². The molecule has 0 spiro atoms. The normalized spacial score (nSPS) is 13.5. The topological polar surface area (TPSA) is 47.3 Å². The molecule has 0 aliphatic rings. The molecule has 0 heterocycles. The molecule has 0 rings (SSSR count). The molecule has 1 atom stereocenters. The Kier molecular flexibility index (Phi) is 6.91. The first-order valence-electron chi connectivity index (χ1n) is 3.70. The summed E-state index contributed by atoms with van der Waals surface area (Å²) in [4.78, 5) is 0. The average molecular weight is 146 g/mol. The maximum absolute atomic E-state index is 5.71. The highest BCUT2D eigenvalue weighted by Crippen LogP contribution is 1.92. The van der Waals surface area contributed by atoms with E-state index in [0.29, 0.717) is 0 Å². The van der Waals surface area contributed by atoms with Crippen molar-refractivity contribution in [1.29, 1.82) is 0 Å². The van der Waals surface area contributed by atoms with Gasteiger partial charge < -0.3 is 15.8 Å². The largest absolute Gasteiger partial charge is 0.385 e. The first-order chi connectivity index (χ1) is 4.81. The Morgan fingerprint density at radius 1 is 1.60 bits per heavy atom. The van der Waals surface area contributed by atoms with E-state index >= 15 is 0 Å². The SMILES string of the molecule is CNCC(N)CCCOC. The Balaban J connectivity index is 2.97. The number of rotatable bonds is 6. The van der Waals surface area contributed by atoms with Gasteiger partial charge >= 0.3 is 0 Å². The number of nitrogens with two attached hydrogens (primary N) is 1. The summed E-state index contributed by atoms with van der Waals surface area (Å²) in [7, 11) is 3.62. The molecule has 3 heteroatoms. The zero-order chi connectivity index (χ0) is 7.82.